The second-order valence-corrected chi connectivity index (χ2v) is 5.34. The fourth-order valence-electron chi connectivity index (χ4n) is 1.79. The van der Waals surface area contributed by atoms with Crippen LogP contribution in [0.1, 0.15) is 24.0 Å². The van der Waals surface area contributed by atoms with Crippen molar-refractivity contribution in [2.75, 3.05) is 12.4 Å². The summed E-state index contributed by atoms with van der Waals surface area (Å²) in [6.45, 7) is 4.24. The van der Waals surface area contributed by atoms with Crippen LogP contribution in [0.4, 0.5) is 5.82 Å². The van der Waals surface area contributed by atoms with E-state index in [9.17, 15) is 0 Å². The minimum Gasteiger partial charge on any atom is -0.373 e. The van der Waals surface area contributed by atoms with Crippen LogP contribution in [-0.4, -0.2) is 17.0 Å². The summed E-state index contributed by atoms with van der Waals surface area (Å²) in [6.07, 6.45) is 0.930. The highest BCUT2D eigenvalue weighted by Gasteiger charge is 2.05. The van der Waals surface area contributed by atoms with E-state index in [2.05, 4.69) is 53.4 Å². The first-order valence-electron chi connectivity index (χ1n) is 6.46. The summed E-state index contributed by atoms with van der Waals surface area (Å²) in [5, 5.41) is 3.09. The molecule has 1 aromatic heterocycles. The molecule has 1 aromatic carbocycles. The van der Waals surface area contributed by atoms with Gasteiger partial charge in [0.05, 0.1) is 5.75 Å². The summed E-state index contributed by atoms with van der Waals surface area (Å²) >= 11 is 1.79. The van der Waals surface area contributed by atoms with Gasteiger partial charge in [-0.15, -0.1) is 11.8 Å². The molecule has 2 rings (SSSR count). The topological polar surface area (TPSA) is 37.8 Å². The van der Waals surface area contributed by atoms with Crippen LogP contribution < -0.4 is 5.32 Å². The summed E-state index contributed by atoms with van der Waals surface area (Å²) in [5.74, 6) is 2.58. The zero-order valence-corrected chi connectivity index (χ0v) is 12.4. The molecule has 0 spiro atoms. The van der Waals surface area contributed by atoms with E-state index >= 15 is 0 Å². The van der Waals surface area contributed by atoms with Gasteiger partial charge in [-0.1, -0.05) is 25.1 Å². The minimum absolute atomic E-state index is 0.799. The van der Waals surface area contributed by atoms with E-state index in [-0.39, 0.29) is 0 Å². The van der Waals surface area contributed by atoms with Crippen LogP contribution in [0.5, 0.6) is 0 Å². The third kappa shape index (κ3) is 3.70. The van der Waals surface area contributed by atoms with Crippen LogP contribution in [0.2, 0.25) is 0 Å². The minimum atomic E-state index is 0.799. The molecule has 0 saturated heterocycles. The van der Waals surface area contributed by atoms with Crippen molar-refractivity contribution in [2.24, 2.45) is 0 Å². The molecule has 0 aliphatic rings. The molecule has 1 heterocycles. The Morgan fingerprint density at radius 1 is 1.21 bits per heavy atom. The van der Waals surface area contributed by atoms with E-state index in [0.29, 0.717) is 0 Å². The zero-order chi connectivity index (χ0) is 13.7. The van der Waals surface area contributed by atoms with E-state index in [4.69, 9.17) is 0 Å². The molecule has 19 heavy (non-hydrogen) atoms. The van der Waals surface area contributed by atoms with Gasteiger partial charge in [0.15, 0.2) is 0 Å². The van der Waals surface area contributed by atoms with E-state index < -0.39 is 0 Å². The van der Waals surface area contributed by atoms with Crippen molar-refractivity contribution >= 4 is 17.6 Å². The van der Waals surface area contributed by atoms with Gasteiger partial charge in [-0.05, 0) is 25.0 Å². The highest BCUT2D eigenvalue weighted by atomic mass is 32.2. The molecule has 100 valence electrons. The van der Waals surface area contributed by atoms with Gasteiger partial charge in [0.1, 0.15) is 11.6 Å². The van der Waals surface area contributed by atoms with Crippen molar-refractivity contribution < 1.29 is 0 Å². The van der Waals surface area contributed by atoms with E-state index in [1.54, 1.807) is 11.8 Å². The molecule has 0 aliphatic heterocycles. The Hall–Kier alpha value is -1.55. The lowest BCUT2D eigenvalue weighted by atomic mass is 10.2. The third-order valence-corrected chi connectivity index (χ3v) is 4.07. The largest absolute Gasteiger partial charge is 0.373 e. The third-order valence-electron chi connectivity index (χ3n) is 2.89. The maximum Gasteiger partial charge on any atom is 0.141 e. The lowest BCUT2D eigenvalue weighted by molar-refractivity contribution is 0.941. The lowest BCUT2D eigenvalue weighted by Crippen LogP contribution is -2.02. The molecule has 0 amide bonds. The quantitative estimate of drug-likeness (QED) is 0.843. The standard InChI is InChI=1S/C15H19N3S/c1-4-12-9-14(16-3)18-15(17-12)10-19-13-8-6-5-7-11(13)2/h5-9H,4,10H2,1-3H3,(H,16,17,18). The average molecular weight is 273 g/mol. The number of thioether (sulfide) groups is 1. The van der Waals surface area contributed by atoms with Gasteiger partial charge >= 0.3 is 0 Å². The molecule has 0 radical (unpaired) electrons. The van der Waals surface area contributed by atoms with Crippen molar-refractivity contribution in [1.82, 2.24) is 9.97 Å². The normalized spacial score (nSPS) is 10.5. The van der Waals surface area contributed by atoms with Crippen LogP contribution in [0.25, 0.3) is 0 Å². The summed E-state index contributed by atoms with van der Waals surface area (Å²) in [6, 6.07) is 10.4. The number of nitrogens with one attached hydrogen (secondary N) is 1. The number of rotatable bonds is 5. The number of hydrogen-bond donors (Lipinski definition) is 1. The van der Waals surface area contributed by atoms with Crippen LogP contribution in [0.15, 0.2) is 35.2 Å². The van der Waals surface area contributed by atoms with Gasteiger partial charge in [-0.3, -0.25) is 0 Å². The molecular formula is C15H19N3S. The van der Waals surface area contributed by atoms with Crippen molar-refractivity contribution in [3.05, 3.63) is 47.4 Å². The molecule has 1 N–H and O–H groups in total. The summed E-state index contributed by atoms with van der Waals surface area (Å²) in [5.41, 5.74) is 2.38. The van der Waals surface area contributed by atoms with Crippen molar-refractivity contribution in [3.63, 3.8) is 0 Å². The molecule has 4 heteroatoms. The second kappa shape index (κ2) is 6.57. The van der Waals surface area contributed by atoms with Gasteiger partial charge in [-0.2, -0.15) is 0 Å². The van der Waals surface area contributed by atoms with Gasteiger partial charge < -0.3 is 5.32 Å². The second-order valence-electron chi connectivity index (χ2n) is 4.32. The highest BCUT2D eigenvalue weighted by Crippen LogP contribution is 2.25. The summed E-state index contributed by atoms with van der Waals surface area (Å²) in [7, 11) is 1.89. The molecule has 2 aromatic rings. The van der Waals surface area contributed by atoms with Crippen LogP contribution in [-0.2, 0) is 12.2 Å². The number of benzene rings is 1. The van der Waals surface area contributed by atoms with Crippen molar-refractivity contribution in [1.29, 1.82) is 0 Å². The molecule has 0 fully saturated rings. The summed E-state index contributed by atoms with van der Waals surface area (Å²) < 4.78 is 0. The molecule has 3 nitrogen and oxygen atoms in total. The van der Waals surface area contributed by atoms with Gasteiger partial charge in [-0.25, -0.2) is 9.97 Å². The first-order valence-corrected chi connectivity index (χ1v) is 7.44. The highest BCUT2D eigenvalue weighted by molar-refractivity contribution is 7.98. The Morgan fingerprint density at radius 2 is 2.00 bits per heavy atom. The Balaban J connectivity index is 2.13. The lowest BCUT2D eigenvalue weighted by Gasteiger charge is -2.07. The fourth-order valence-corrected chi connectivity index (χ4v) is 2.67. The van der Waals surface area contributed by atoms with Gasteiger partial charge in [0, 0.05) is 23.7 Å². The van der Waals surface area contributed by atoms with E-state index in [1.807, 2.05) is 13.1 Å². The Morgan fingerprint density at radius 3 is 2.68 bits per heavy atom. The number of hydrogen-bond acceptors (Lipinski definition) is 4. The molecule has 0 saturated carbocycles. The van der Waals surface area contributed by atoms with Crippen LogP contribution in [0, 0.1) is 6.92 Å². The number of aromatic nitrogens is 2. The Labute approximate surface area is 118 Å². The monoisotopic (exact) mass is 273 g/mol. The Kier molecular flexibility index (Phi) is 4.80. The van der Waals surface area contributed by atoms with E-state index in [0.717, 1.165) is 29.5 Å². The number of nitrogens with zero attached hydrogens (tertiary/aromatic N) is 2. The maximum atomic E-state index is 4.57. The zero-order valence-electron chi connectivity index (χ0n) is 11.6. The molecule has 0 bridgehead atoms. The SMILES string of the molecule is CCc1cc(NC)nc(CSc2ccccc2C)n1. The number of anilines is 1. The van der Waals surface area contributed by atoms with Crippen LogP contribution >= 0.6 is 11.8 Å². The maximum absolute atomic E-state index is 4.57. The first-order chi connectivity index (χ1) is 9.22. The Bertz CT molecular complexity index is 533. The molecule has 0 atom stereocenters. The average Bonchev–Trinajstić information content (AvgIpc) is 2.46. The van der Waals surface area contributed by atoms with Crippen molar-refractivity contribution in [2.45, 2.75) is 30.9 Å². The van der Waals surface area contributed by atoms with Gasteiger partial charge in [0.25, 0.3) is 0 Å². The van der Waals surface area contributed by atoms with Gasteiger partial charge in [0.2, 0.25) is 0 Å². The van der Waals surface area contributed by atoms with Crippen molar-refractivity contribution in [3.8, 4) is 0 Å². The van der Waals surface area contributed by atoms with E-state index in [1.165, 1.54) is 10.5 Å². The van der Waals surface area contributed by atoms with Crippen LogP contribution in [0.3, 0.4) is 0 Å². The predicted molar refractivity (Wildman–Crippen MR) is 81.7 cm³/mol. The smallest absolute Gasteiger partial charge is 0.141 e. The number of aryl methyl sites for hydroxylation is 2. The fraction of sp³-hybridized carbons (Fsp3) is 0.333. The predicted octanol–water partition coefficient (Wildman–Crippen LogP) is 3.68. The molecular weight excluding hydrogens is 254 g/mol. The molecule has 0 unspecified atom stereocenters. The first kappa shape index (κ1) is 13.9. The summed E-state index contributed by atoms with van der Waals surface area (Å²) in [4.78, 5) is 10.4. The molecule has 0 aliphatic carbocycles.